The van der Waals surface area contributed by atoms with Crippen molar-refractivity contribution in [3.05, 3.63) is 47.7 Å². The van der Waals surface area contributed by atoms with E-state index in [0.717, 1.165) is 30.1 Å². The fraction of sp³-hybridized carbons (Fsp3) is 0.312. The molecule has 0 unspecified atom stereocenters. The molecule has 0 saturated heterocycles. The van der Waals surface area contributed by atoms with E-state index in [0.29, 0.717) is 0 Å². The van der Waals surface area contributed by atoms with Crippen LogP contribution in [0.15, 0.2) is 36.5 Å². The van der Waals surface area contributed by atoms with Gasteiger partial charge < -0.3 is 10.1 Å². The second kappa shape index (κ2) is 6.34. The van der Waals surface area contributed by atoms with E-state index in [1.165, 1.54) is 11.1 Å². The predicted molar refractivity (Wildman–Crippen MR) is 78.3 cm³/mol. The summed E-state index contributed by atoms with van der Waals surface area (Å²) >= 11 is 0. The summed E-state index contributed by atoms with van der Waals surface area (Å²) in [6.45, 7) is 6.10. The minimum Gasteiger partial charge on any atom is -0.494 e. The number of nitrogens with one attached hydrogen (secondary N) is 1. The maximum Gasteiger partial charge on any atom is 0.145 e. The summed E-state index contributed by atoms with van der Waals surface area (Å²) in [7, 11) is 1.68. The van der Waals surface area contributed by atoms with Gasteiger partial charge in [0.1, 0.15) is 11.4 Å². The Kier molecular flexibility index (Phi) is 4.53. The maximum absolute atomic E-state index is 5.38. The Balaban J connectivity index is 2.35. The van der Waals surface area contributed by atoms with Gasteiger partial charge in [-0.05, 0) is 36.7 Å². The first-order valence-electron chi connectivity index (χ1n) is 6.56. The van der Waals surface area contributed by atoms with Gasteiger partial charge in [0, 0.05) is 18.3 Å². The van der Waals surface area contributed by atoms with Crippen LogP contribution in [0, 0.1) is 6.92 Å². The minimum absolute atomic E-state index is 0.810. The van der Waals surface area contributed by atoms with Crippen molar-refractivity contribution in [3.63, 3.8) is 0 Å². The third-order valence-corrected chi connectivity index (χ3v) is 3.12. The van der Waals surface area contributed by atoms with E-state index in [4.69, 9.17) is 4.74 Å². The molecule has 0 atom stereocenters. The van der Waals surface area contributed by atoms with Crippen molar-refractivity contribution < 1.29 is 4.74 Å². The molecular weight excluding hydrogens is 236 g/mol. The molecule has 2 rings (SSSR count). The molecule has 0 fully saturated rings. The molecule has 19 heavy (non-hydrogen) atoms. The van der Waals surface area contributed by atoms with Crippen LogP contribution in [0.1, 0.15) is 18.1 Å². The number of nitrogens with zero attached hydrogens (tertiary/aromatic N) is 1. The quantitative estimate of drug-likeness (QED) is 0.892. The first-order valence-corrected chi connectivity index (χ1v) is 6.56. The average Bonchev–Trinajstić information content (AvgIpc) is 2.45. The van der Waals surface area contributed by atoms with Crippen molar-refractivity contribution in [3.8, 4) is 17.0 Å². The monoisotopic (exact) mass is 256 g/mol. The standard InChI is InChI=1S/C16H20N2O/c1-4-17-11-13-7-8-14(12(2)10-13)16-15(19-3)6-5-9-18-16/h5-10,17H,4,11H2,1-3H3. The van der Waals surface area contributed by atoms with E-state index in [1.807, 2.05) is 12.1 Å². The van der Waals surface area contributed by atoms with Crippen molar-refractivity contribution in [1.29, 1.82) is 0 Å². The number of pyridine rings is 1. The molecule has 1 aromatic heterocycles. The fourth-order valence-electron chi connectivity index (χ4n) is 2.13. The topological polar surface area (TPSA) is 34.2 Å². The first-order chi connectivity index (χ1) is 9.26. The van der Waals surface area contributed by atoms with Gasteiger partial charge in [-0.25, -0.2) is 0 Å². The lowest BCUT2D eigenvalue weighted by atomic mass is 10.0. The molecule has 0 aliphatic rings. The maximum atomic E-state index is 5.38. The Morgan fingerprint density at radius 3 is 2.79 bits per heavy atom. The number of benzene rings is 1. The molecule has 2 aromatic rings. The molecule has 1 heterocycles. The average molecular weight is 256 g/mol. The van der Waals surface area contributed by atoms with Gasteiger partial charge >= 0.3 is 0 Å². The molecule has 3 heteroatoms. The van der Waals surface area contributed by atoms with Gasteiger partial charge in [-0.1, -0.05) is 25.1 Å². The number of hydrogen-bond donors (Lipinski definition) is 1. The van der Waals surface area contributed by atoms with Crippen LogP contribution >= 0.6 is 0 Å². The summed E-state index contributed by atoms with van der Waals surface area (Å²) in [5.41, 5.74) is 4.53. The van der Waals surface area contributed by atoms with Crippen LogP contribution in [-0.4, -0.2) is 18.6 Å². The minimum atomic E-state index is 0.810. The summed E-state index contributed by atoms with van der Waals surface area (Å²) in [5.74, 6) is 0.810. The number of aryl methyl sites for hydroxylation is 1. The molecule has 3 nitrogen and oxygen atoms in total. The van der Waals surface area contributed by atoms with Crippen LogP contribution in [0.3, 0.4) is 0 Å². The summed E-state index contributed by atoms with van der Waals surface area (Å²) in [4.78, 5) is 4.43. The largest absolute Gasteiger partial charge is 0.494 e. The van der Waals surface area contributed by atoms with E-state index in [1.54, 1.807) is 13.3 Å². The van der Waals surface area contributed by atoms with Gasteiger partial charge in [0.2, 0.25) is 0 Å². The zero-order valence-electron chi connectivity index (χ0n) is 11.7. The van der Waals surface area contributed by atoms with Gasteiger partial charge in [-0.2, -0.15) is 0 Å². The molecule has 1 N–H and O–H groups in total. The SMILES string of the molecule is CCNCc1ccc(-c2ncccc2OC)c(C)c1. The number of rotatable bonds is 5. The van der Waals surface area contributed by atoms with Crippen molar-refractivity contribution in [2.75, 3.05) is 13.7 Å². The van der Waals surface area contributed by atoms with Crippen molar-refractivity contribution in [2.24, 2.45) is 0 Å². The molecule has 0 saturated carbocycles. The molecule has 0 radical (unpaired) electrons. The lowest BCUT2D eigenvalue weighted by Gasteiger charge is -2.11. The molecule has 100 valence electrons. The van der Waals surface area contributed by atoms with E-state index < -0.39 is 0 Å². The molecule has 0 bridgehead atoms. The molecule has 0 amide bonds. The van der Waals surface area contributed by atoms with Crippen LogP contribution < -0.4 is 10.1 Å². The zero-order valence-corrected chi connectivity index (χ0v) is 11.7. The molecule has 0 aliphatic heterocycles. The third kappa shape index (κ3) is 3.12. The van der Waals surface area contributed by atoms with Gasteiger partial charge in [0.05, 0.1) is 7.11 Å². The first kappa shape index (κ1) is 13.6. The molecule has 0 spiro atoms. The van der Waals surface area contributed by atoms with Gasteiger partial charge in [-0.3, -0.25) is 4.98 Å². The number of hydrogen-bond acceptors (Lipinski definition) is 3. The normalized spacial score (nSPS) is 10.5. The van der Waals surface area contributed by atoms with Gasteiger partial charge in [0.15, 0.2) is 0 Å². The van der Waals surface area contributed by atoms with Crippen LogP contribution in [0.25, 0.3) is 11.3 Å². The van der Waals surface area contributed by atoms with E-state index in [-0.39, 0.29) is 0 Å². The second-order valence-corrected chi connectivity index (χ2v) is 4.48. The van der Waals surface area contributed by atoms with Gasteiger partial charge in [0.25, 0.3) is 0 Å². The van der Waals surface area contributed by atoms with Crippen LogP contribution in [0.4, 0.5) is 0 Å². The Hall–Kier alpha value is -1.87. The highest BCUT2D eigenvalue weighted by atomic mass is 16.5. The van der Waals surface area contributed by atoms with Crippen molar-refractivity contribution in [1.82, 2.24) is 10.3 Å². The Labute approximate surface area is 114 Å². The lowest BCUT2D eigenvalue weighted by molar-refractivity contribution is 0.415. The predicted octanol–water partition coefficient (Wildman–Crippen LogP) is 3.18. The fourth-order valence-corrected chi connectivity index (χ4v) is 2.13. The number of aromatic nitrogens is 1. The highest BCUT2D eigenvalue weighted by Crippen LogP contribution is 2.30. The Bertz CT molecular complexity index is 552. The van der Waals surface area contributed by atoms with Crippen LogP contribution in [0.5, 0.6) is 5.75 Å². The number of methoxy groups -OCH3 is 1. The summed E-state index contributed by atoms with van der Waals surface area (Å²) in [5, 5.41) is 3.33. The molecule has 1 aromatic carbocycles. The Morgan fingerprint density at radius 2 is 2.11 bits per heavy atom. The summed E-state index contributed by atoms with van der Waals surface area (Å²) in [6.07, 6.45) is 1.80. The highest BCUT2D eigenvalue weighted by Gasteiger charge is 2.09. The van der Waals surface area contributed by atoms with Crippen LogP contribution in [-0.2, 0) is 6.54 Å². The molecule has 0 aliphatic carbocycles. The van der Waals surface area contributed by atoms with Crippen molar-refractivity contribution in [2.45, 2.75) is 20.4 Å². The summed E-state index contributed by atoms with van der Waals surface area (Å²) in [6, 6.07) is 10.3. The Morgan fingerprint density at radius 1 is 1.26 bits per heavy atom. The van der Waals surface area contributed by atoms with Gasteiger partial charge in [-0.15, -0.1) is 0 Å². The van der Waals surface area contributed by atoms with E-state index >= 15 is 0 Å². The molecular formula is C16H20N2O. The van der Waals surface area contributed by atoms with E-state index in [2.05, 4.69) is 42.3 Å². The number of ether oxygens (including phenoxy) is 1. The highest BCUT2D eigenvalue weighted by molar-refractivity contribution is 5.69. The lowest BCUT2D eigenvalue weighted by Crippen LogP contribution is -2.11. The zero-order chi connectivity index (χ0) is 13.7. The third-order valence-electron chi connectivity index (χ3n) is 3.12. The smallest absolute Gasteiger partial charge is 0.145 e. The second-order valence-electron chi connectivity index (χ2n) is 4.48. The van der Waals surface area contributed by atoms with Crippen LogP contribution in [0.2, 0.25) is 0 Å². The van der Waals surface area contributed by atoms with Crippen molar-refractivity contribution >= 4 is 0 Å². The van der Waals surface area contributed by atoms with E-state index in [9.17, 15) is 0 Å². The summed E-state index contributed by atoms with van der Waals surface area (Å²) < 4.78 is 5.38.